The van der Waals surface area contributed by atoms with E-state index in [2.05, 4.69) is 49.8 Å². The Balaban J connectivity index is 0.00000252. The first kappa shape index (κ1) is 23.4. The zero-order valence-corrected chi connectivity index (χ0v) is 22.4. The van der Waals surface area contributed by atoms with Crippen molar-refractivity contribution in [2.75, 3.05) is 0 Å². The van der Waals surface area contributed by atoms with Gasteiger partial charge in [-0.15, -0.1) is 22.7 Å². The van der Waals surface area contributed by atoms with Crippen LogP contribution in [0.4, 0.5) is 0 Å². The first-order valence-corrected chi connectivity index (χ1v) is 12.5. The minimum absolute atomic E-state index is 0. The van der Waals surface area contributed by atoms with E-state index in [1.807, 2.05) is 60.7 Å². The Bertz CT molecular complexity index is 1820. The number of hydrogen-bond donors (Lipinski definition) is 0. The van der Waals surface area contributed by atoms with Crippen LogP contribution in [0.1, 0.15) is 0 Å². The zero-order valence-electron chi connectivity index (χ0n) is 18.5. The van der Waals surface area contributed by atoms with Gasteiger partial charge in [0.2, 0.25) is 0 Å². The third-order valence-corrected chi connectivity index (χ3v) is 6.59. The minimum Gasteiger partial charge on any atom is -0.319 e. The van der Waals surface area contributed by atoms with Crippen LogP contribution in [-0.4, -0.2) is 39.9 Å². The maximum absolute atomic E-state index is 4.65. The van der Waals surface area contributed by atoms with Crippen LogP contribution in [0, 0.1) is 0 Å². The summed E-state index contributed by atoms with van der Waals surface area (Å²) in [5.41, 5.74) is 4.73. The molecule has 180 valence electrons. The maximum atomic E-state index is 4.65. The topological polar surface area (TPSA) is 131 Å². The molecular weight excluding hydrogens is 688 g/mol. The Labute approximate surface area is 230 Å². The largest absolute Gasteiger partial charge is 2.00 e. The van der Waals surface area contributed by atoms with Crippen molar-refractivity contribution >= 4 is 66.7 Å². The Morgan fingerprint density at radius 2 is 0.919 bits per heavy atom. The molecule has 37 heavy (non-hydrogen) atoms. The van der Waals surface area contributed by atoms with Gasteiger partial charge in [0.25, 0.3) is 0 Å². The summed E-state index contributed by atoms with van der Waals surface area (Å²) >= 11 is 2.68. The van der Waals surface area contributed by atoms with Gasteiger partial charge in [0.15, 0.2) is 9.92 Å². The van der Waals surface area contributed by atoms with Crippen molar-refractivity contribution in [1.82, 2.24) is 49.8 Å². The molecule has 0 aliphatic carbocycles. The number of thiazole rings is 2. The fraction of sp³-hybridized carbons (Fsp3) is 0. The maximum Gasteiger partial charge on any atom is 2.00 e. The molecule has 5 aromatic heterocycles. The first-order chi connectivity index (χ1) is 17.8. The van der Waals surface area contributed by atoms with Gasteiger partial charge in [-0.05, 0) is 11.1 Å². The molecule has 0 atom stereocenters. The van der Waals surface area contributed by atoms with Crippen molar-refractivity contribution in [3.05, 3.63) is 71.4 Å². The molecule has 0 radical (unpaired) electrons. The number of fused-ring (bicyclic) bond motifs is 8. The molecule has 5 heterocycles. The van der Waals surface area contributed by atoms with Gasteiger partial charge >= 0.3 is 21.1 Å². The second-order valence-electron chi connectivity index (χ2n) is 7.55. The van der Waals surface area contributed by atoms with E-state index in [1.165, 1.54) is 22.7 Å². The minimum atomic E-state index is 0. The molecule has 0 saturated carbocycles. The van der Waals surface area contributed by atoms with Crippen molar-refractivity contribution in [3.63, 3.8) is 0 Å². The number of rotatable bonds is 2. The number of imidazole rings is 2. The van der Waals surface area contributed by atoms with Crippen molar-refractivity contribution in [2.24, 2.45) is 0 Å². The summed E-state index contributed by atoms with van der Waals surface area (Å²) in [6.45, 7) is 0. The van der Waals surface area contributed by atoms with Crippen LogP contribution in [0.15, 0.2) is 71.4 Å². The van der Waals surface area contributed by atoms with Crippen LogP contribution in [0.2, 0.25) is 0 Å². The Morgan fingerprint density at radius 3 is 1.35 bits per heavy atom. The standard InChI is InChI=1S/C24H12N10S2.Pt/c1-3-7-13(8-4-1)17-19-31-21(29-17)25-15-11-36-24(28-15)34-20-18(14-9-5-2-6-10-14)30-22(32-20)26-16-12-35-23(27-16)33-19;/h1-12H;/q-2;+2. The summed E-state index contributed by atoms with van der Waals surface area (Å²) in [6.07, 6.45) is 0. The van der Waals surface area contributed by atoms with E-state index >= 15 is 0 Å². The monoisotopic (exact) mass is 699 g/mol. The quantitative estimate of drug-likeness (QED) is 0.254. The Morgan fingerprint density at radius 1 is 0.486 bits per heavy atom. The van der Waals surface area contributed by atoms with Crippen molar-refractivity contribution in [2.45, 2.75) is 0 Å². The van der Waals surface area contributed by atoms with Gasteiger partial charge in [-0.3, -0.25) is 9.97 Å². The summed E-state index contributed by atoms with van der Waals surface area (Å²) < 4.78 is 0. The van der Waals surface area contributed by atoms with Gasteiger partial charge in [-0.2, -0.15) is 0 Å². The molecular formula is C24H12N10PtS2. The van der Waals surface area contributed by atoms with Gasteiger partial charge in [0, 0.05) is 22.1 Å². The van der Waals surface area contributed by atoms with Crippen molar-refractivity contribution < 1.29 is 21.1 Å². The van der Waals surface area contributed by atoms with E-state index in [0.717, 1.165) is 11.1 Å². The zero-order chi connectivity index (χ0) is 23.9. The van der Waals surface area contributed by atoms with Crippen LogP contribution in [-0.2, 0) is 21.1 Å². The fourth-order valence-electron chi connectivity index (χ4n) is 3.58. The van der Waals surface area contributed by atoms with E-state index in [-0.39, 0.29) is 32.6 Å². The molecule has 0 unspecified atom stereocenters. The Hall–Kier alpha value is -3.99. The predicted octanol–water partition coefficient (Wildman–Crippen LogP) is 4.51. The second kappa shape index (κ2) is 9.81. The van der Waals surface area contributed by atoms with Crippen LogP contribution in [0.25, 0.3) is 66.6 Å². The third kappa shape index (κ3) is 4.74. The molecule has 0 aliphatic heterocycles. The van der Waals surface area contributed by atoms with Crippen LogP contribution in [0.3, 0.4) is 0 Å². The summed E-state index contributed by atoms with van der Waals surface area (Å²) in [5.74, 6) is 0.525. The summed E-state index contributed by atoms with van der Waals surface area (Å²) in [7, 11) is 0. The van der Waals surface area contributed by atoms with Crippen molar-refractivity contribution in [1.29, 1.82) is 0 Å². The first-order valence-electron chi connectivity index (χ1n) is 10.8. The average molecular weight is 700 g/mol. The molecule has 0 aliphatic rings. The smallest absolute Gasteiger partial charge is 0.319 e. The number of nitrogens with zero attached hydrogens (tertiary/aromatic N) is 10. The molecule has 8 bridgehead atoms. The van der Waals surface area contributed by atoms with E-state index < -0.39 is 0 Å². The van der Waals surface area contributed by atoms with Gasteiger partial charge < -0.3 is 29.9 Å². The number of benzene rings is 2. The van der Waals surface area contributed by atoms with Crippen LogP contribution in [0.5, 0.6) is 0 Å². The van der Waals surface area contributed by atoms with Gasteiger partial charge in [0.1, 0.15) is 11.3 Å². The normalized spacial score (nSPS) is 11.0. The molecule has 10 nitrogen and oxygen atoms in total. The average Bonchev–Trinajstić information content (AvgIpc) is 3.70. The molecule has 0 spiro atoms. The second-order valence-corrected chi connectivity index (χ2v) is 9.22. The van der Waals surface area contributed by atoms with E-state index in [1.54, 1.807) is 10.8 Å². The van der Waals surface area contributed by atoms with Crippen LogP contribution >= 0.6 is 22.7 Å². The molecule has 0 fully saturated rings. The Kier molecular flexibility index (Phi) is 6.21. The summed E-state index contributed by atoms with van der Waals surface area (Å²) in [6, 6.07) is 19.4. The number of aromatic nitrogens is 10. The predicted molar refractivity (Wildman–Crippen MR) is 139 cm³/mol. The van der Waals surface area contributed by atoms with Gasteiger partial charge in [0.05, 0.1) is 22.8 Å². The van der Waals surface area contributed by atoms with E-state index in [4.69, 9.17) is 0 Å². The van der Waals surface area contributed by atoms with Crippen LogP contribution < -0.4 is 9.97 Å². The van der Waals surface area contributed by atoms with E-state index in [9.17, 15) is 0 Å². The van der Waals surface area contributed by atoms with E-state index in [0.29, 0.717) is 43.9 Å². The molecule has 0 saturated heterocycles. The fourth-order valence-corrected chi connectivity index (χ4v) is 4.79. The van der Waals surface area contributed by atoms with Crippen molar-refractivity contribution in [3.8, 4) is 22.5 Å². The molecule has 0 N–H and O–H groups in total. The molecule has 0 amide bonds. The third-order valence-electron chi connectivity index (χ3n) is 5.15. The number of hydrogen-bond acceptors (Lipinski definition) is 10. The molecule has 7 rings (SSSR count). The SMILES string of the molecule is [Pt+2].c1ccc(-c2nc3nc4csc(n4)nc4[n-]c(nc4-c4ccccc4)nc4csc(n4)nc2[n-]3)cc1. The molecule has 2 aromatic carbocycles. The summed E-state index contributed by atoms with van der Waals surface area (Å²) in [4.78, 5) is 46.7. The van der Waals surface area contributed by atoms with Gasteiger partial charge in [-0.1, -0.05) is 60.7 Å². The molecule has 13 heteroatoms. The van der Waals surface area contributed by atoms with Gasteiger partial charge in [-0.25, -0.2) is 9.97 Å². The summed E-state index contributed by atoms with van der Waals surface area (Å²) in [5, 5.41) is 3.59. The molecule has 7 aromatic rings.